The van der Waals surface area contributed by atoms with Crippen LogP contribution >= 0.6 is 0 Å². The SMILES string of the molecule is COc1ccccc1CNC(=O)CN(C)CCOc1cc(C)cc(C)c1. The summed E-state index contributed by atoms with van der Waals surface area (Å²) in [7, 11) is 3.54. The lowest BCUT2D eigenvalue weighted by molar-refractivity contribution is -0.122. The molecule has 26 heavy (non-hydrogen) atoms. The van der Waals surface area contributed by atoms with Gasteiger partial charge in [0.1, 0.15) is 18.1 Å². The van der Waals surface area contributed by atoms with Crippen LogP contribution in [-0.4, -0.2) is 44.7 Å². The van der Waals surface area contributed by atoms with E-state index in [0.717, 1.165) is 17.1 Å². The smallest absolute Gasteiger partial charge is 0.234 e. The molecular formula is C21H28N2O3. The number of benzene rings is 2. The number of para-hydroxylation sites is 1. The number of amides is 1. The van der Waals surface area contributed by atoms with Crippen LogP contribution in [0.15, 0.2) is 42.5 Å². The zero-order valence-corrected chi connectivity index (χ0v) is 16.0. The van der Waals surface area contributed by atoms with E-state index in [0.29, 0.717) is 26.2 Å². The molecule has 0 radical (unpaired) electrons. The average Bonchev–Trinajstić information content (AvgIpc) is 2.59. The van der Waals surface area contributed by atoms with Crippen molar-refractivity contribution in [2.45, 2.75) is 20.4 Å². The Bertz CT molecular complexity index is 711. The van der Waals surface area contributed by atoms with Crippen LogP contribution in [0.25, 0.3) is 0 Å². The van der Waals surface area contributed by atoms with Crippen LogP contribution in [0.4, 0.5) is 0 Å². The van der Waals surface area contributed by atoms with Gasteiger partial charge in [-0.3, -0.25) is 9.69 Å². The second-order valence-corrected chi connectivity index (χ2v) is 6.50. The fourth-order valence-corrected chi connectivity index (χ4v) is 2.76. The molecule has 2 aromatic rings. The summed E-state index contributed by atoms with van der Waals surface area (Å²) in [6.45, 7) is 6.10. The van der Waals surface area contributed by atoms with Crippen LogP contribution in [-0.2, 0) is 11.3 Å². The zero-order valence-electron chi connectivity index (χ0n) is 16.0. The fourth-order valence-electron chi connectivity index (χ4n) is 2.76. The minimum atomic E-state index is -0.0233. The summed E-state index contributed by atoms with van der Waals surface area (Å²) >= 11 is 0. The van der Waals surface area contributed by atoms with Crippen LogP contribution in [0, 0.1) is 13.8 Å². The first-order chi connectivity index (χ1) is 12.5. The van der Waals surface area contributed by atoms with E-state index in [-0.39, 0.29) is 5.91 Å². The van der Waals surface area contributed by atoms with Gasteiger partial charge in [-0.2, -0.15) is 0 Å². The Morgan fingerprint density at radius 3 is 2.50 bits per heavy atom. The quantitative estimate of drug-likeness (QED) is 0.751. The molecule has 0 unspecified atom stereocenters. The predicted molar refractivity (Wildman–Crippen MR) is 104 cm³/mol. The van der Waals surface area contributed by atoms with Crippen molar-refractivity contribution < 1.29 is 14.3 Å². The van der Waals surface area contributed by atoms with E-state index in [1.54, 1.807) is 7.11 Å². The lowest BCUT2D eigenvalue weighted by atomic mass is 10.1. The molecule has 0 saturated carbocycles. The minimum Gasteiger partial charge on any atom is -0.496 e. The van der Waals surface area contributed by atoms with E-state index in [9.17, 15) is 4.79 Å². The third-order valence-electron chi connectivity index (χ3n) is 4.02. The number of rotatable bonds is 9. The van der Waals surface area contributed by atoms with Gasteiger partial charge in [0.25, 0.3) is 0 Å². The maximum Gasteiger partial charge on any atom is 0.234 e. The number of likely N-dealkylation sites (N-methyl/N-ethyl adjacent to an activating group) is 1. The third-order valence-corrected chi connectivity index (χ3v) is 4.02. The van der Waals surface area contributed by atoms with Gasteiger partial charge in [-0.1, -0.05) is 24.3 Å². The molecule has 0 spiro atoms. The molecule has 0 fully saturated rings. The molecule has 0 heterocycles. The highest BCUT2D eigenvalue weighted by Gasteiger charge is 2.08. The monoisotopic (exact) mass is 356 g/mol. The zero-order chi connectivity index (χ0) is 18.9. The van der Waals surface area contributed by atoms with E-state index in [2.05, 4.69) is 25.2 Å². The molecule has 5 nitrogen and oxygen atoms in total. The normalized spacial score (nSPS) is 10.7. The van der Waals surface area contributed by atoms with Gasteiger partial charge in [0, 0.05) is 18.7 Å². The number of carbonyl (C=O) groups is 1. The maximum absolute atomic E-state index is 12.1. The molecule has 140 valence electrons. The van der Waals surface area contributed by atoms with Crippen LogP contribution in [0.1, 0.15) is 16.7 Å². The lowest BCUT2D eigenvalue weighted by Crippen LogP contribution is -2.36. The molecule has 0 saturated heterocycles. The number of methoxy groups -OCH3 is 1. The Kier molecular flexibility index (Phi) is 7.48. The first-order valence-corrected chi connectivity index (χ1v) is 8.76. The number of carbonyl (C=O) groups excluding carboxylic acids is 1. The Hall–Kier alpha value is -2.53. The van der Waals surface area contributed by atoms with E-state index in [1.807, 2.05) is 48.3 Å². The van der Waals surface area contributed by atoms with Gasteiger partial charge in [0.15, 0.2) is 0 Å². The van der Waals surface area contributed by atoms with E-state index in [1.165, 1.54) is 11.1 Å². The first-order valence-electron chi connectivity index (χ1n) is 8.76. The molecule has 1 amide bonds. The molecule has 2 aromatic carbocycles. The van der Waals surface area contributed by atoms with E-state index in [4.69, 9.17) is 9.47 Å². The average molecular weight is 356 g/mol. The predicted octanol–water partition coefficient (Wildman–Crippen LogP) is 2.94. The largest absolute Gasteiger partial charge is 0.496 e. The minimum absolute atomic E-state index is 0.0233. The van der Waals surface area contributed by atoms with Gasteiger partial charge in [-0.15, -0.1) is 0 Å². The molecule has 0 atom stereocenters. The van der Waals surface area contributed by atoms with Gasteiger partial charge in [-0.05, 0) is 50.2 Å². The summed E-state index contributed by atoms with van der Waals surface area (Å²) in [5, 5.41) is 2.93. The van der Waals surface area contributed by atoms with Crippen LogP contribution in [0.2, 0.25) is 0 Å². The first kappa shape index (κ1) is 19.8. The Morgan fingerprint density at radius 2 is 1.81 bits per heavy atom. The van der Waals surface area contributed by atoms with Crippen LogP contribution in [0.5, 0.6) is 11.5 Å². The van der Waals surface area contributed by atoms with Gasteiger partial charge in [-0.25, -0.2) is 0 Å². The van der Waals surface area contributed by atoms with Crippen molar-refractivity contribution >= 4 is 5.91 Å². The molecule has 0 bridgehead atoms. The van der Waals surface area contributed by atoms with Crippen molar-refractivity contribution in [3.05, 3.63) is 59.2 Å². The number of nitrogens with zero attached hydrogens (tertiary/aromatic N) is 1. The molecule has 5 heteroatoms. The number of aryl methyl sites for hydroxylation is 2. The number of ether oxygens (including phenoxy) is 2. The van der Waals surface area contributed by atoms with Gasteiger partial charge in [0.2, 0.25) is 5.91 Å². The highest BCUT2D eigenvalue weighted by molar-refractivity contribution is 5.78. The van der Waals surface area contributed by atoms with Crippen molar-refractivity contribution in [3.63, 3.8) is 0 Å². The molecule has 0 aromatic heterocycles. The standard InChI is InChI=1S/C21H28N2O3/c1-16-11-17(2)13-19(12-16)26-10-9-23(3)15-21(24)22-14-18-7-5-6-8-20(18)25-4/h5-8,11-13H,9-10,14-15H2,1-4H3,(H,22,24). The summed E-state index contributed by atoms with van der Waals surface area (Å²) < 4.78 is 11.1. The number of hydrogen-bond acceptors (Lipinski definition) is 4. The molecule has 0 aliphatic heterocycles. The molecule has 0 aliphatic carbocycles. The van der Waals surface area contributed by atoms with Crippen molar-refractivity contribution in [2.75, 3.05) is 33.9 Å². The van der Waals surface area contributed by atoms with Gasteiger partial charge >= 0.3 is 0 Å². The van der Waals surface area contributed by atoms with Crippen LogP contribution < -0.4 is 14.8 Å². The molecule has 2 rings (SSSR count). The molecule has 0 aliphatic rings. The topological polar surface area (TPSA) is 50.8 Å². The second-order valence-electron chi connectivity index (χ2n) is 6.50. The summed E-state index contributed by atoms with van der Waals surface area (Å²) in [6.07, 6.45) is 0. The Morgan fingerprint density at radius 1 is 1.12 bits per heavy atom. The highest BCUT2D eigenvalue weighted by Crippen LogP contribution is 2.17. The second kappa shape index (κ2) is 9.82. The summed E-state index contributed by atoms with van der Waals surface area (Å²) in [4.78, 5) is 14.1. The maximum atomic E-state index is 12.1. The summed E-state index contributed by atoms with van der Waals surface area (Å²) in [5.41, 5.74) is 3.33. The molecular weight excluding hydrogens is 328 g/mol. The highest BCUT2D eigenvalue weighted by atomic mass is 16.5. The molecule has 1 N–H and O–H groups in total. The summed E-state index contributed by atoms with van der Waals surface area (Å²) in [6, 6.07) is 13.8. The van der Waals surface area contributed by atoms with Crippen molar-refractivity contribution in [1.29, 1.82) is 0 Å². The Balaban J connectivity index is 1.71. The van der Waals surface area contributed by atoms with Crippen molar-refractivity contribution in [2.24, 2.45) is 0 Å². The van der Waals surface area contributed by atoms with Crippen molar-refractivity contribution in [1.82, 2.24) is 10.2 Å². The van der Waals surface area contributed by atoms with Gasteiger partial charge in [0.05, 0.1) is 13.7 Å². The number of nitrogens with one attached hydrogen (secondary N) is 1. The van der Waals surface area contributed by atoms with Crippen molar-refractivity contribution in [3.8, 4) is 11.5 Å². The number of hydrogen-bond donors (Lipinski definition) is 1. The third kappa shape index (κ3) is 6.41. The lowest BCUT2D eigenvalue weighted by Gasteiger charge is -2.17. The van der Waals surface area contributed by atoms with Crippen LogP contribution in [0.3, 0.4) is 0 Å². The van der Waals surface area contributed by atoms with E-state index < -0.39 is 0 Å². The van der Waals surface area contributed by atoms with E-state index >= 15 is 0 Å². The summed E-state index contributed by atoms with van der Waals surface area (Å²) in [5.74, 6) is 1.63. The van der Waals surface area contributed by atoms with Gasteiger partial charge < -0.3 is 14.8 Å². The fraction of sp³-hybridized carbons (Fsp3) is 0.381. The Labute approximate surface area is 155 Å².